The largest absolute Gasteiger partial charge is 0.475 e. The number of benzene rings is 1. The molecule has 0 spiro atoms. The van der Waals surface area contributed by atoms with Crippen molar-refractivity contribution in [3.8, 4) is 5.88 Å². The van der Waals surface area contributed by atoms with E-state index in [0.717, 1.165) is 11.4 Å². The number of aryl methyl sites for hydroxylation is 1. The lowest BCUT2D eigenvalue weighted by Gasteiger charge is -2.20. The zero-order chi connectivity index (χ0) is 17.8. The highest BCUT2D eigenvalue weighted by Gasteiger charge is 2.22. The van der Waals surface area contributed by atoms with Gasteiger partial charge in [-0.25, -0.2) is 9.97 Å². The van der Waals surface area contributed by atoms with Gasteiger partial charge in [0, 0.05) is 17.6 Å². The molecule has 3 aromatic rings. The van der Waals surface area contributed by atoms with Gasteiger partial charge in [0.1, 0.15) is 0 Å². The van der Waals surface area contributed by atoms with E-state index in [-0.39, 0.29) is 12.0 Å². The molecular weight excluding hydrogens is 334 g/mol. The lowest BCUT2D eigenvalue weighted by atomic mass is 10.2. The van der Waals surface area contributed by atoms with Gasteiger partial charge in [-0.15, -0.1) is 11.3 Å². The number of ether oxygens (including phenoxy) is 1. The van der Waals surface area contributed by atoms with Gasteiger partial charge in [-0.2, -0.15) is 0 Å². The molecule has 1 amide bonds. The molecule has 0 aliphatic carbocycles. The third-order valence-corrected chi connectivity index (χ3v) is 4.30. The minimum Gasteiger partial charge on any atom is -0.475 e. The van der Waals surface area contributed by atoms with Crippen LogP contribution < -0.4 is 9.64 Å². The Hall–Kier alpha value is -2.73. The predicted octanol–water partition coefficient (Wildman–Crippen LogP) is 4.61. The Morgan fingerprint density at radius 2 is 1.92 bits per heavy atom. The quantitative estimate of drug-likeness (QED) is 0.672. The van der Waals surface area contributed by atoms with Crippen molar-refractivity contribution in [2.75, 3.05) is 4.90 Å². The summed E-state index contributed by atoms with van der Waals surface area (Å²) >= 11 is 1.44. The fourth-order valence-corrected chi connectivity index (χ4v) is 3.10. The van der Waals surface area contributed by atoms with Crippen LogP contribution in [0.25, 0.3) is 0 Å². The number of para-hydroxylation sites is 1. The van der Waals surface area contributed by atoms with Gasteiger partial charge >= 0.3 is 0 Å². The van der Waals surface area contributed by atoms with Gasteiger partial charge in [0.05, 0.1) is 23.0 Å². The summed E-state index contributed by atoms with van der Waals surface area (Å²) in [6.45, 7) is 5.78. The summed E-state index contributed by atoms with van der Waals surface area (Å²) in [6.07, 6.45) is 1.57. The van der Waals surface area contributed by atoms with Crippen LogP contribution >= 0.6 is 11.3 Å². The smallest absolute Gasteiger partial charge is 0.266 e. The highest BCUT2D eigenvalue weighted by Crippen LogP contribution is 2.30. The van der Waals surface area contributed by atoms with Gasteiger partial charge in [0.15, 0.2) is 5.13 Å². The van der Waals surface area contributed by atoms with E-state index in [2.05, 4.69) is 9.97 Å². The second kappa shape index (κ2) is 7.44. The van der Waals surface area contributed by atoms with Gasteiger partial charge in [0.2, 0.25) is 5.88 Å². The first-order chi connectivity index (χ1) is 12.0. The lowest BCUT2D eigenvalue weighted by Crippen LogP contribution is -2.26. The SMILES string of the molecule is Cc1csc(N(C(=O)c2ccc(OC(C)C)nc2)c2ccccc2)n1. The highest BCUT2D eigenvalue weighted by molar-refractivity contribution is 7.14. The molecule has 2 aromatic heterocycles. The summed E-state index contributed by atoms with van der Waals surface area (Å²) in [5, 5.41) is 2.56. The van der Waals surface area contributed by atoms with Crippen molar-refractivity contribution >= 4 is 28.1 Å². The summed E-state index contributed by atoms with van der Waals surface area (Å²) in [6, 6.07) is 12.9. The normalized spacial score (nSPS) is 10.7. The number of carbonyl (C=O) groups excluding carboxylic acids is 1. The van der Waals surface area contributed by atoms with Crippen molar-refractivity contribution in [3.05, 3.63) is 65.3 Å². The first-order valence-corrected chi connectivity index (χ1v) is 8.87. The monoisotopic (exact) mass is 353 g/mol. The Balaban J connectivity index is 1.94. The molecule has 2 heterocycles. The number of thiazole rings is 1. The number of carbonyl (C=O) groups is 1. The molecule has 6 heteroatoms. The fourth-order valence-electron chi connectivity index (χ4n) is 2.28. The summed E-state index contributed by atoms with van der Waals surface area (Å²) in [5.74, 6) is 0.326. The van der Waals surface area contributed by atoms with Crippen LogP contribution in [0.15, 0.2) is 54.0 Å². The fraction of sp³-hybridized carbons (Fsp3) is 0.211. The standard InChI is InChI=1S/C19H19N3O2S/c1-13(2)24-17-10-9-15(11-20-17)18(23)22(16-7-5-4-6-8-16)19-21-14(3)12-25-19/h4-13H,1-3H3. The van der Waals surface area contributed by atoms with Crippen molar-refractivity contribution in [1.29, 1.82) is 0 Å². The molecule has 25 heavy (non-hydrogen) atoms. The van der Waals surface area contributed by atoms with Gasteiger partial charge in [-0.05, 0) is 39.0 Å². The maximum absolute atomic E-state index is 13.1. The van der Waals surface area contributed by atoms with Crippen LogP contribution in [-0.4, -0.2) is 22.0 Å². The average molecular weight is 353 g/mol. The minimum atomic E-state index is -0.177. The Labute approximate surface area is 150 Å². The number of hydrogen-bond donors (Lipinski definition) is 0. The molecule has 1 aromatic carbocycles. The van der Waals surface area contributed by atoms with Gasteiger partial charge < -0.3 is 4.74 Å². The second-order valence-electron chi connectivity index (χ2n) is 5.80. The van der Waals surface area contributed by atoms with Crippen LogP contribution in [0.5, 0.6) is 5.88 Å². The molecule has 0 aliphatic heterocycles. The predicted molar refractivity (Wildman–Crippen MR) is 99.8 cm³/mol. The van der Waals surface area contributed by atoms with E-state index < -0.39 is 0 Å². The lowest BCUT2D eigenvalue weighted by molar-refractivity contribution is 0.0999. The van der Waals surface area contributed by atoms with Gasteiger partial charge in [0.25, 0.3) is 5.91 Å². The molecule has 128 valence electrons. The van der Waals surface area contributed by atoms with Gasteiger partial charge in [-0.3, -0.25) is 9.69 Å². The van der Waals surface area contributed by atoms with E-state index in [1.165, 1.54) is 17.5 Å². The van der Waals surface area contributed by atoms with Crippen LogP contribution in [0.3, 0.4) is 0 Å². The molecule has 0 atom stereocenters. The summed E-state index contributed by atoms with van der Waals surface area (Å²) in [7, 11) is 0. The summed E-state index contributed by atoms with van der Waals surface area (Å²) in [4.78, 5) is 23.4. The van der Waals surface area contributed by atoms with Gasteiger partial charge in [-0.1, -0.05) is 18.2 Å². The number of pyridine rings is 1. The Bertz CT molecular complexity index is 845. The maximum atomic E-state index is 13.1. The minimum absolute atomic E-state index is 0.0353. The Morgan fingerprint density at radius 1 is 1.16 bits per heavy atom. The molecule has 0 fully saturated rings. The van der Waals surface area contributed by atoms with Crippen LogP contribution in [0.2, 0.25) is 0 Å². The van der Waals surface area contributed by atoms with Crippen LogP contribution in [-0.2, 0) is 0 Å². The molecule has 0 radical (unpaired) electrons. The summed E-state index contributed by atoms with van der Waals surface area (Å²) < 4.78 is 5.54. The molecule has 0 saturated heterocycles. The Kier molecular flexibility index (Phi) is 5.09. The Morgan fingerprint density at radius 3 is 2.48 bits per heavy atom. The first-order valence-electron chi connectivity index (χ1n) is 7.99. The number of rotatable bonds is 5. The average Bonchev–Trinajstić information content (AvgIpc) is 3.02. The molecule has 0 bridgehead atoms. The topological polar surface area (TPSA) is 55.3 Å². The van der Waals surface area contributed by atoms with Crippen molar-refractivity contribution in [2.45, 2.75) is 26.9 Å². The molecular formula is C19H19N3O2S. The molecule has 0 N–H and O–H groups in total. The third-order valence-electron chi connectivity index (χ3n) is 3.36. The summed E-state index contributed by atoms with van der Waals surface area (Å²) in [5.41, 5.74) is 2.13. The number of anilines is 2. The maximum Gasteiger partial charge on any atom is 0.266 e. The molecule has 0 aliphatic rings. The molecule has 0 unspecified atom stereocenters. The van der Waals surface area contributed by atoms with E-state index in [4.69, 9.17) is 4.74 Å². The van der Waals surface area contributed by atoms with Crippen LogP contribution in [0, 0.1) is 6.92 Å². The molecule has 5 nitrogen and oxygen atoms in total. The number of hydrogen-bond acceptors (Lipinski definition) is 5. The number of nitrogens with zero attached hydrogens (tertiary/aromatic N) is 3. The number of amides is 1. The van der Waals surface area contributed by atoms with Crippen molar-refractivity contribution in [1.82, 2.24) is 9.97 Å². The van der Waals surface area contributed by atoms with E-state index in [0.29, 0.717) is 16.6 Å². The van der Waals surface area contributed by atoms with E-state index in [9.17, 15) is 4.79 Å². The molecule has 0 saturated carbocycles. The first kappa shape index (κ1) is 17.1. The van der Waals surface area contributed by atoms with E-state index in [1.807, 2.05) is 56.5 Å². The second-order valence-corrected chi connectivity index (χ2v) is 6.64. The van der Waals surface area contributed by atoms with Crippen molar-refractivity contribution < 1.29 is 9.53 Å². The zero-order valence-corrected chi connectivity index (χ0v) is 15.2. The van der Waals surface area contributed by atoms with E-state index in [1.54, 1.807) is 17.0 Å². The third kappa shape index (κ3) is 4.03. The van der Waals surface area contributed by atoms with E-state index >= 15 is 0 Å². The molecule has 3 rings (SSSR count). The van der Waals surface area contributed by atoms with Crippen LogP contribution in [0.1, 0.15) is 29.9 Å². The van der Waals surface area contributed by atoms with Crippen molar-refractivity contribution in [3.63, 3.8) is 0 Å². The van der Waals surface area contributed by atoms with Crippen LogP contribution in [0.4, 0.5) is 10.8 Å². The number of aromatic nitrogens is 2. The zero-order valence-electron chi connectivity index (χ0n) is 14.3. The van der Waals surface area contributed by atoms with Crippen molar-refractivity contribution in [2.24, 2.45) is 0 Å². The highest BCUT2D eigenvalue weighted by atomic mass is 32.1.